The highest BCUT2D eigenvalue weighted by Crippen LogP contribution is 2.26. The van der Waals surface area contributed by atoms with E-state index in [-0.39, 0.29) is 35.2 Å². The molecule has 0 spiro atoms. The molecule has 2 aromatic carbocycles. The van der Waals surface area contributed by atoms with Crippen LogP contribution < -0.4 is 5.32 Å². The number of nitrogens with zero attached hydrogens (tertiary/aromatic N) is 3. The number of Topliss-reactive ketones (excluding diaryl/α,β-unsaturated/α-hetero) is 2. The van der Waals surface area contributed by atoms with Gasteiger partial charge in [0.05, 0.1) is 23.4 Å². The van der Waals surface area contributed by atoms with Crippen molar-refractivity contribution >= 4 is 69.5 Å². The first-order chi connectivity index (χ1) is 23.6. The number of amides is 1. The zero-order valence-electron chi connectivity index (χ0n) is 27.9. The van der Waals surface area contributed by atoms with Crippen molar-refractivity contribution in [2.45, 2.75) is 34.6 Å². The number of carbonyl (C=O) groups is 5. The normalized spacial score (nSPS) is 10.5. The number of hydrogen-bond donors (Lipinski definition) is 2. The third-order valence-electron chi connectivity index (χ3n) is 6.59. The Labute approximate surface area is 298 Å². The van der Waals surface area contributed by atoms with Crippen molar-refractivity contribution in [3.8, 4) is 11.3 Å². The third-order valence-corrected chi connectivity index (χ3v) is 7.06. The standard InChI is InChI=1S/C15H9ClN2O2.C14H18N2O4.C8H7ClO/c16-10-4-1-3-9(7-10)13-8-12(15(19)20)11-5-2-6-17-14(11)18-13;1-5-20-12(18)10(17)9-7-6-8-15-11(9)16-13(19)14(2,3)4;1-6(10)7-3-2-4-8(9)5-7/h1-8H,(H,19,20);6-8H,5H2,1-4H3,(H,15,16,19);2-5H,1H3. The molecule has 0 aliphatic carbocycles. The van der Waals surface area contributed by atoms with E-state index in [0.717, 1.165) is 5.56 Å². The number of halogens is 2. The number of ketones is 2. The smallest absolute Gasteiger partial charge is 0.379 e. The molecule has 3 aromatic heterocycles. The number of carboxylic acids is 1. The van der Waals surface area contributed by atoms with Crippen LogP contribution in [-0.2, 0) is 14.3 Å². The summed E-state index contributed by atoms with van der Waals surface area (Å²) in [7, 11) is 0. The molecule has 0 unspecified atom stereocenters. The van der Waals surface area contributed by atoms with Crippen LogP contribution >= 0.6 is 23.2 Å². The minimum absolute atomic E-state index is 0.0172. The number of nitrogens with one attached hydrogen (secondary N) is 1. The van der Waals surface area contributed by atoms with Gasteiger partial charge in [-0.15, -0.1) is 0 Å². The van der Waals surface area contributed by atoms with Crippen LogP contribution in [0.3, 0.4) is 0 Å². The van der Waals surface area contributed by atoms with Gasteiger partial charge in [-0.25, -0.2) is 24.5 Å². The van der Waals surface area contributed by atoms with Crippen LogP contribution in [0.4, 0.5) is 5.82 Å². The van der Waals surface area contributed by atoms with Crippen molar-refractivity contribution in [2.75, 3.05) is 11.9 Å². The molecule has 0 fully saturated rings. The topological polar surface area (TPSA) is 166 Å². The van der Waals surface area contributed by atoms with Crippen molar-refractivity contribution < 1.29 is 33.8 Å². The molecule has 0 atom stereocenters. The van der Waals surface area contributed by atoms with E-state index in [9.17, 15) is 29.1 Å². The van der Waals surface area contributed by atoms with E-state index in [1.807, 2.05) is 6.07 Å². The van der Waals surface area contributed by atoms with E-state index in [4.69, 9.17) is 23.2 Å². The Bertz CT molecular complexity index is 2040. The van der Waals surface area contributed by atoms with Gasteiger partial charge in [0.15, 0.2) is 11.4 Å². The maximum Gasteiger partial charge on any atom is 0.379 e. The van der Waals surface area contributed by atoms with E-state index in [1.165, 1.54) is 31.3 Å². The molecule has 1 amide bonds. The van der Waals surface area contributed by atoms with E-state index in [1.54, 1.807) is 88.5 Å². The summed E-state index contributed by atoms with van der Waals surface area (Å²) in [5.74, 6) is -2.99. The monoisotopic (exact) mass is 716 g/mol. The van der Waals surface area contributed by atoms with Crippen LogP contribution in [0.5, 0.6) is 0 Å². The second kappa shape index (κ2) is 17.8. The molecular formula is C37H34Cl2N4O7. The van der Waals surface area contributed by atoms with E-state index < -0.39 is 23.1 Å². The van der Waals surface area contributed by atoms with Gasteiger partial charge in [-0.1, -0.05) is 68.2 Å². The van der Waals surface area contributed by atoms with Gasteiger partial charge in [0, 0.05) is 44.4 Å². The Morgan fingerprint density at radius 1 is 0.820 bits per heavy atom. The number of anilines is 1. The number of hydrogen-bond acceptors (Lipinski definition) is 9. The first-order valence-electron chi connectivity index (χ1n) is 15.1. The summed E-state index contributed by atoms with van der Waals surface area (Å²) in [6, 6.07) is 21.9. The lowest BCUT2D eigenvalue weighted by molar-refractivity contribution is -0.137. The van der Waals surface area contributed by atoms with Gasteiger partial charge in [-0.2, -0.15) is 0 Å². The lowest BCUT2D eigenvalue weighted by Gasteiger charge is -2.18. The van der Waals surface area contributed by atoms with Crippen molar-refractivity contribution in [2.24, 2.45) is 5.41 Å². The SMILES string of the molecule is CC(=O)c1cccc(Cl)c1.CCOC(=O)C(=O)c1cccnc1NC(=O)C(C)(C)C.O=C(O)c1cc(-c2cccc(Cl)c2)nc2ncccc12. The number of pyridine rings is 3. The zero-order valence-corrected chi connectivity index (χ0v) is 29.4. The van der Waals surface area contributed by atoms with Gasteiger partial charge in [0.2, 0.25) is 5.91 Å². The van der Waals surface area contributed by atoms with Crippen LogP contribution in [-0.4, -0.2) is 56.1 Å². The molecule has 11 nitrogen and oxygen atoms in total. The highest BCUT2D eigenvalue weighted by atomic mass is 35.5. The Hall–Kier alpha value is -5.52. The largest absolute Gasteiger partial charge is 0.478 e. The molecule has 0 aliphatic heterocycles. The second-order valence-electron chi connectivity index (χ2n) is 11.5. The number of carbonyl (C=O) groups excluding carboxylic acids is 4. The number of ether oxygens (including phenoxy) is 1. The lowest BCUT2D eigenvalue weighted by Crippen LogP contribution is -2.29. The molecule has 5 rings (SSSR count). The molecule has 0 saturated carbocycles. The lowest BCUT2D eigenvalue weighted by atomic mass is 9.95. The molecule has 50 heavy (non-hydrogen) atoms. The summed E-state index contributed by atoms with van der Waals surface area (Å²) in [6.07, 6.45) is 3.02. The number of carboxylic acid groups (broad SMARTS) is 1. The van der Waals surface area contributed by atoms with Gasteiger partial charge in [-0.05, 0) is 68.4 Å². The number of aromatic carboxylic acids is 1. The third kappa shape index (κ3) is 11.0. The summed E-state index contributed by atoms with van der Waals surface area (Å²) < 4.78 is 4.66. The van der Waals surface area contributed by atoms with Crippen LogP contribution in [0.1, 0.15) is 65.7 Å². The maximum absolute atomic E-state index is 11.9. The predicted molar refractivity (Wildman–Crippen MR) is 192 cm³/mol. The molecule has 2 N–H and O–H groups in total. The summed E-state index contributed by atoms with van der Waals surface area (Å²) in [5.41, 5.74) is 1.92. The second-order valence-corrected chi connectivity index (χ2v) is 12.3. The molecule has 0 bridgehead atoms. The minimum Gasteiger partial charge on any atom is -0.478 e. The summed E-state index contributed by atoms with van der Waals surface area (Å²) in [6.45, 7) is 8.44. The molecule has 13 heteroatoms. The average Bonchev–Trinajstić information content (AvgIpc) is 3.08. The van der Waals surface area contributed by atoms with Gasteiger partial charge in [-0.3, -0.25) is 14.4 Å². The molecule has 0 radical (unpaired) electrons. The quantitative estimate of drug-likeness (QED) is 0.0957. The molecule has 3 heterocycles. The maximum atomic E-state index is 11.9. The van der Waals surface area contributed by atoms with Gasteiger partial charge >= 0.3 is 11.9 Å². The number of benzene rings is 2. The Kier molecular flexibility index (Phi) is 13.8. The number of rotatable bonds is 7. The fourth-order valence-electron chi connectivity index (χ4n) is 4.03. The highest BCUT2D eigenvalue weighted by molar-refractivity contribution is 6.42. The van der Waals surface area contributed by atoms with Crippen molar-refractivity contribution in [1.29, 1.82) is 0 Å². The molecular weight excluding hydrogens is 683 g/mol. The number of fused-ring (bicyclic) bond motifs is 1. The van der Waals surface area contributed by atoms with Crippen molar-refractivity contribution in [3.63, 3.8) is 0 Å². The van der Waals surface area contributed by atoms with Crippen LogP contribution in [0.15, 0.2) is 91.3 Å². The van der Waals surface area contributed by atoms with Crippen LogP contribution in [0.2, 0.25) is 10.0 Å². The van der Waals surface area contributed by atoms with Crippen LogP contribution in [0.25, 0.3) is 22.3 Å². The average molecular weight is 718 g/mol. The van der Waals surface area contributed by atoms with Gasteiger partial charge in [0.1, 0.15) is 5.82 Å². The fourth-order valence-corrected chi connectivity index (χ4v) is 4.41. The van der Waals surface area contributed by atoms with E-state index in [2.05, 4.69) is 25.0 Å². The highest BCUT2D eigenvalue weighted by Gasteiger charge is 2.26. The Morgan fingerprint density at radius 3 is 2.04 bits per heavy atom. The Balaban J connectivity index is 0.000000214. The van der Waals surface area contributed by atoms with Gasteiger partial charge in [0.25, 0.3) is 5.78 Å². The predicted octanol–water partition coefficient (Wildman–Crippen LogP) is 8.00. The van der Waals surface area contributed by atoms with Crippen molar-refractivity contribution in [3.05, 3.63) is 118 Å². The first-order valence-corrected chi connectivity index (χ1v) is 15.9. The van der Waals surface area contributed by atoms with Gasteiger partial charge < -0.3 is 15.2 Å². The first kappa shape index (κ1) is 38.9. The summed E-state index contributed by atoms with van der Waals surface area (Å²) in [5, 5.41) is 13.6. The van der Waals surface area contributed by atoms with E-state index >= 15 is 0 Å². The van der Waals surface area contributed by atoms with Crippen LogP contribution in [0, 0.1) is 5.41 Å². The summed E-state index contributed by atoms with van der Waals surface area (Å²) >= 11 is 11.6. The molecule has 258 valence electrons. The Morgan fingerprint density at radius 2 is 1.46 bits per heavy atom. The summed E-state index contributed by atoms with van der Waals surface area (Å²) in [4.78, 5) is 69.9. The van der Waals surface area contributed by atoms with Crippen molar-refractivity contribution in [1.82, 2.24) is 15.0 Å². The fraction of sp³-hybridized carbons (Fsp3) is 0.189. The minimum atomic E-state index is -1.01. The molecule has 0 aliphatic rings. The molecule has 0 saturated heterocycles. The number of esters is 1. The molecule has 5 aromatic rings. The van der Waals surface area contributed by atoms with E-state index in [0.29, 0.717) is 32.3 Å². The zero-order chi connectivity index (χ0) is 37.0. The number of aromatic nitrogens is 3.